The van der Waals surface area contributed by atoms with Gasteiger partial charge in [-0.05, 0) is 43.9 Å². The minimum Gasteiger partial charge on any atom is -0.466 e. The average Bonchev–Trinajstić information content (AvgIpc) is 2.88. The van der Waals surface area contributed by atoms with Crippen molar-refractivity contribution in [2.24, 2.45) is 0 Å². The molecule has 0 aliphatic heterocycles. The van der Waals surface area contributed by atoms with Crippen LogP contribution in [0.15, 0.2) is 18.2 Å². The van der Waals surface area contributed by atoms with Gasteiger partial charge in [0.05, 0.1) is 31.6 Å². The first kappa shape index (κ1) is 18.7. The Kier molecular flexibility index (Phi) is 6.63. The number of carbonyl (C=O) groups is 2. The first-order valence-corrected chi connectivity index (χ1v) is 8.74. The van der Waals surface area contributed by atoms with Crippen molar-refractivity contribution in [3.05, 3.63) is 34.3 Å². The quantitative estimate of drug-likeness (QED) is 0.728. The zero-order valence-electron chi connectivity index (χ0n) is 14.2. The molecule has 1 aliphatic rings. The molecule has 0 fully saturated rings. The van der Waals surface area contributed by atoms with Gasteiger partial charge < -0.3 is 14.8 Å². The van der Waals surface area contributed by atoms with Gasteiger partial charge in [0.25, 0.3) is 0 Å². The maximum Gasteiger partial charge on any atom is 0.308 e. The number of fused-ring (bicyclic) bond motifs is 1. The van der Waals surface area contributed by atoms with Crippen LogP contribution in [0.5, 0.6) is 0 Å². The van der Waals surface area contributed by atoms with Crippen molar-refractivity contribution < 1.29 is 19.1 Å². The molecule has 0 radical (unpaired) electrons. The van der Waals surface area contributed by atoms with Gasteiger partial charge >= 0.3 is 11.9 Å². The second-order valence-corrected chi connectivity index (χ2v) is 6.23. The summed E-state index contributed by atoms with van der Waals surface area (Å²) in [6.45, 7) is 4.69. The Labute approximate surface area is 147 Å². The summed E-state index contributed by atoms with van der Waals surface area (Å²) in [6.07, 6.45) is 2.02. The molecule has 132 valence electrons. The Morgan fingerprint density at radius 3 is 2.62 bits per heavy atom. The molecule has 0 heterocycles. The third kappa shape index (κ3) is 4.28. The molecule has 6 heteroatoms. The smallest absolute Gasteiger partial charge is 0.308 e. The summed E-state index contributed by atoms with van der Waals surface area (Å²) in [6, 6.07) is 5.78. The monoisotopic (exact) mass is 353 g/mol. The SMILES string of the molecule is CCOC(=O)CCNC1(CC(=O)OCC)CCc2cccc(Cl)c21. The van der Waals surface area contributed by atoms with Crippen molar-refractivity contribution in [3.8, 4) is 0 Å². The third-order valence-electron chi connectivity index (χ3n) is 4.25. The van der Waals surface area contributed by atoms with Crippen LogP contribution in [0.3, 0.4) is 0 Å². The number of halogens is 1. The van der Waals surface area contributed by atoms with Crippen molar-refractivity contribution in [3.63, 3.8) is 0 Å². The predicted octanol–water partition coefficient (Wildman–Crippen LogP) is 2.98. The molecule has 0 aromatic heterocycles. The average molecular weight is 354 g/mol. The lowest BCUT2D eigenvalue weighted by atomic mass is 9.88. The highest BCUT2D eigenvalue weighted by Crippen LogP contribution is 2.43. The lowest BCUT2D eigenvalue weighted by Gasteiger charge is -2.31. The molecule has 1 aromatic rings. The Balaban J connectivity index is 2.19. The summed E-state index contributed by atoms with van der Waals surface area (Å²) < 4.78 is 10.1. The number of hydrogen-bond donors (Lipinski definition) is 1. The standard InChI is InChI=1S/C18H24ClNO4/c1-3-23-15(21)9-11-20-18(12-16(22)24-4-2)10-8-13-6-5-7-14(19)17(13)18/h5-7,20H,3-4,8-12H2,1-2H3. The summed E-state index contributed by atoms with van der Waals surface area (Å²) in [5.41, 5.74) is 1.49. The van der Waals surface area contributed by atoms with Gasteiger partial charge in [0.1, 0.15) is 0 Å². The minimum atomic E-state index is -0.591. The molecule has 1 unspecified atom stereocenters. The second-order valence-electron chi connectivity index (χ2n) is 5.82. The van der Waals surface area contributed by atoms with Crippen LogP contribution >= 0.6 is 11.6 Å². The number of benzene rings is 1. The van der Waals surface area contributed by atoms with Crippen LogP contribution < -0.4 is 5.32 Å². The van der Waals surface area contributed by atoms with Crippen LogP contribution in [0.1, 0.15) is 44.2 Å². The molecule has 0 spiro atoms. The number of nitrogens with one attached hydrogen (secondary N) is 1. The van der Waals surface area contributed by atoms with Gasteiger partial charge in [-0.1, -0.05) is 23.7 Å². The van der Waals surface area contributed by atoms with Gasteiger partial charge in [-0.2, -0.15) is 0 Å². The van der Waals surface area contributed by atoms with Gasteiger partial charge in [0.2, 0.25) is 0 Å². The number of rotatable bonds is 8. The van der Waals surface area contributed by atoms with Crippen LogP contribution in [0.25, 0.3) is 0 Å². The molecular weight excluding hydrogens is 330 g/mol. The highest BCUT2D eigenvalue weighted by Gasteiger charge is 2.42. The van der Waals surface area contributed by atoms with E-state index in [0.29, 0.717) is 24.8 Å². The third-order valence-corrected chi connectivity index (χ3v) is 4.56. The topological polar surface area (TPSA) is 64.6 Å². The zero-order valence-corrected chi connectivity index (χ0v) is 14.9. The molecule has 5 nitrogen and oxygen atoms in total. The van der Waals surface area contributed by atoms with Crippen molar-refractivity contribution in [2.45, 2.75) is 45.1 Å². The van der Waals surface area contributed by atoms with E-state index in [4.69, 9.17) is 21.1 Å². The van der Waals surface area contributed by atoms with Crippen LogP contribution in [-0.2, 0) is 31.0 Å². The van der Waals surface area contributed by atoms with Crippen LogP contribution in [0.4, 0.5) is 0 Å². The van der Waals surface area contributed by atoms with Crippen molar-refractivity contribution in [1.29, 1.82) is 0 Å². The first-order valence-electron chi connectivity index (χ1n) is 8.36. The van der Waals surface area contributed by atoms with E-state index in [2.05, 4.69) is 5.32 Å². The van der Waals surface area contributed by atoms with Crippen molar-refractivity contribution >= 4 is 23.5 Å². The maximum atomic E-state index is 12.1. The van der Waals surface area contributed by atoms with Crippen molar-refractivity contribution in [1.82, 2.24) is 5.32 Å². The van der Waals surface area contributed by atoms with E-state index in [1.165, 1.54) is 0 Å². The lowest BCUT2D eigenvalue weighted by Crippen LogP contribution is -2.44. The molecular formula is C18H24ClNO4. The van der Waals surface area contributed by atoms with Crippen LogP contribution in [0, 0.1) is 0 Å². The molecule has 0 bridgehead atoms. The van der Waals surface area contributed by atoms with Gasteiger partial charge in [-0.15, -0.1) is 0 Å². The molecule has 1 N–H and O–H groups in total. The Morgan fingerprint density at radius 2 is 1.92 bits per heavy atom. The van der Waals surface area contributed by atoms with Gasteiger partial charge in [0.15, 0.2) is 0 Å². The fourth-order valence-electron chi connectivity index (χ4n) is 3.30. The lowest BCUT2D eigenvalue weighted by molar-refractivity contribution is -0.145. The molecule has 2 rings (SSSR count). The molecule has 0 amide bonds. The molecule has 24 heavy (non-hydrogen) atoms. The highest BCUT2D eigenvalue weighted by molar-refractivity contribution is 6.31. The summed E-state index contributed by atoms with van der Waals surface area (Å²) in [5.74, 6) is -0.525. The summed E-state index contributed by atoms with van der Waals surface area (Å²) in [7, 11) is 0. The van der Waals surface area contributed by atoms with E-state index < -0.39 is 5.54 Å². The molecule has 1 aromatic carbocycles. The normalized spacial score (nSPS) is 19.0. The second kappa shape index (κ2) is 8.49. The molecule has 0 saturated heterocycles. The number of esters is 2. The van der Waals surface area contributed by atoms with Crippen LogP contribution in [-0.4, -0.2) is 31.7 Å². The fraction of sp³-hybridized carbons (Fsp3) is 0.556. The Morgan fingerprint density at radius 1 is 1.21 bits per heavy atom. The van der Waals surface area contributed by atoms with E-state index in [0.717, 1.165) is 24.0 Å². The van der Waals surface area contributed by atoms with Gasteiger partial charge in [0, 0.05) is 11.6 Å². The summed E-state index contributed by atoms with van der Waals surface area (Å²) in [5, 5.41) is 4.02. The van der Waals surface area contributed by atoms with E-state index >= 15 is 0 Å². The number of aryl methyl sites for hydroxylation is 1. The Bertz CT molecular complexity index is 605. The molecule has 0 saturated carbocycles. The highest BCUT2D eigenvalue weighted by atomic mass is 35.5. The van der Waals surface area contributed by atoms with E-state index in [9.17, 15) is 9.59 Å². The van der Waals surface area contributed by atoms with Crippen molar-refractivity contribution in [2.75, 3.05) is 19.8 Å². The van der Waals surface area contributed by atoms with Gasteiger partial charge in [-0.3, -0.25) is 9.59 Å². The number of ether oxygens (including phenoxy) is 2. The molecule has 1 atom stereocenters. The first-order chi connectivity index (χ1) is 11.5. The minimum absolute atomic E-state index is 0.195. The molecule has 1 aliphatic carbocycles. The number of carbonyl (C=O) groups excluding carboxylic acids is 2. The fourth-order valence-corrected chi connectivity index (χ4v) is 3.67. The largest absolute Gasteiger partial charge is 0.466 e. The van der Waals surface area contributed by atoms with Gasteiger partial charge in [-0.25, -0.2) is 0 Å². The zero-order chi connectivity index (χ0) is 17.6. The van der Waals surface area contributed by atoms with E-state index in [1.807, 2.05) is 18.2 Å². The summed E-state index contributed by atoms with van der Waals surface area (Å²) in [4.78, 5) is 23.7. The Hall–Kier alpha value is -1.59. The number of hydrogen-bond acceptors (Lipinski definition) is 5. The predicted molar refractivity (Wildman–Crippen MR) is 92.0 cm³/mol. The maximum absolute atomic E-state index is 12.1. The van der Waals surface area contributed by atoms with E-state index in [1.54, 1.807) is 13.8 Å². The van der Waals surface area contributed by atoms with E-state index in [-0.39, 0.29) is 24.8 Å². The summed E-state index contributed by atoms with van der Waals surface area (Å²) >= 11 is 6.42. The van der Waals surface area contributed by atoms with Crippen LogP contribution in [0.2, 0.25) is 5.02 Å².